The highest BCUT2D eigenvalue weighted by atomic mass is 79.9. The third-order valence-electron chi connectivity index (χ3n) is 15.2. The predicted octanol–water partition coefficient (Wildman–Crippen LogP) is 13.2. The second kappa shape index (κ2) is 18.1. The van der Waals surface area contributed by atoms with Crippen LogP contribution in [0.5, 0.6) is 0 Å². The van der Waals surface area contributed by atoms with Crippen LogP contribution in [0.3, 0.4) is 0 Å². The van der Waals surface area contributed by atoms with Gasteiger partial charge in [-0.25, -0.2) is 35.7 Å². The lowest BCUT2D eigenvalue weighted by atomic mass is 9.83. The molecule has 2 unspecified atom stereocenters. The van der Waals surface area contributed by atoms with Gasteiger partial charge in [0.1, 0.15) is 40.8 Å². The van der Waals surface area contributed by atoms with E-state index in [2.05, 4.69) is 37.0 Å². The van der Waals surface area contributed by atoms with Crippen molar-refractivity contribution in [2.45, 2.75) is 139 Å². The minimum Gasteiger partial charge on any atom is -0.357 e. The normalized spacial score (nSPS) is 26.6. The van der Waals surface area contributed by atoms with E-state index in [4.69, 9.17) is 14.6 Å². The second-order valence-electron chi connectivity index (χ2n) is 20.1. The van der Waals surface area contributed by atoms with Gasteiger partial charge in [0.05, 0.1) is 29.3 Å². The fraction of sp³-hybridized carbons (Fsp3) is 0.500. The molecule has 0 radical (unpaired) electrons. The Labute approximate surface area is 408 Å². The van der Waals surface area contributed by atoms with E-state index in [1.54, 1.807) is 0 Å². The van der Waals surface area contributed by atoms with Gasteiger partial charge in [0.15, 0.2) is 6.23 Å². The third kappa shape index (κ3) is 8.75. The molecule has 6 heterocycles. The summed E-state index contributed by atoms with van der Waals surface area (Å²) >= 11 is 6.37. The number of halogens is 8. The van der Waals surface area contributed by atoms with Gasteiger partial charge in [-0.15, -0.1) is 0 Å². The molecule has 6 atom stereocenters. The lowest BCUT2D eigenvalue weighted by molar-refractivity contribution is -0.0390. The minimum absolute atomic E-state index is 0.0254. The number of benzene rings is 4. The summed E-state index contributed by atoms with van der Waals surface area (Å²) in [6, 6.07) is 11.3. The van der Waals surface area contributed by atoms with Crippen LogP contribution >= 0.6 is 31.9 Å². The Bertz CT molecular complexity index is 2740. The topological polar surface area (TPSA) is 60.6 Å². The Hall–Kier alpha value is -3.80. The van der Waals surface area contributed by atoms with Crippen LogP contribution < -0.4 is 0 Å². The number of hydrogen-bond donors (Lipinski definition) is 0. The zero-order valence-electron chi connectivity index (χ0n) is 38.1. The third-order valence-corrected chi connectivity index (χ3v) is 16.1. The van der Waals surface area contributed by atoms with Crippen LogP contribution in [0.1, 0.15) is 136 Å². The molecule has 12 rings (SSSR count). The summed E-state index contributed by atoms with van der Waals surface area (Å²) in [4.78, 5) is 3.90. The monoisotopic (exact) mass is 1070 g/mol. The number of hydrogen-bond acceptors (Lipinski definition) is 6. The van der Waals surface area contributed by atoms with Crippen LogP contribution in [-0.2, 0) is 22.3 Å². The van der Waals surface area contributed by atoms with Crippen molar-refractivity contribution in [1.29, 1.82) is 0 Å². The summed E-state index contributed by atoms with van der Waals surface area (Å²) in [5.41, 5.74) is 2.89. The number of fused-ring (bicyclic) bond motifs is 6. The Balaban J connectivity index is 0.000000149. The quantitative estimate of drug-likeness (QED) is 0.142. The van der Waals surface area contributed by atoms with E-state index in [1.165, 1.54) is 24.3 Å². The molecule has 2 saturated carbocycles. The van der Waals surface area contributed by atoms with Gasteiger partial charge in [0, 0.05) is 75.4 Å². The van der Waals surface area contributed by atoms with Crippen LogP contribution in [0.25, 0.3) is 21.8 Å². The Morgan fingerprint density at radius 1 is 0.647 bits per heavy atom. The highest BCUT2D eigenvalue weighted by Crippen LogP contribution is 2.50. The number of nitrogens with zero attached hydrogens (tertiary/aromatic N) is 6. The molecule has 2 saturated heterocycles. The summed E-state index contributed by atoms with van der Waals surface area (Å²) in [5, 5.41) is 11.4. The van der Waals surface area contributed by atoms with E-state index in [-0.39, 0.29) is 48.8 Å². The largest absolute Gasteiger partial charge is 0.357 e. The molecule has 0 spiro atoms. The summed E-state index contributed by atoms with van der Waals surface area (Å²) in [5.74, 6) is -2.51. The molecule has 6 aliphatic rings. The van der Waals surface area contributed by atoms with E-state index in [9.17, 15) is 8.78 Å². The van der Waals surface area contributed by atoms with Crippen LogP contribution in [0.2, 0.25) is 0 Å². The first-order valence-electron chi connectivity index (χ1n) is 24.1. The molecule has 4 fully saturated rings. The molecular formula is C52H54Br2F6N6O2. The molecule has 4 aliphatic heterocycles. The van der Waals surface area contributed by atoms with Crippen molar-refractivity contribution < 1.29 is 35.8 Å². The first-order valence-corrected chi connectivity index (χ1v) is 25.7. The fourth-order valence-electron chi connectivity index (χ4n) is 11.3. The zero-order chi connectivity index (χ0) is 47.2. The van der Waals surface area contributed by atoms with Crippen molar-refractivity contribution in [1.82, 2.24) is 29.4 Å². The van der Waals surface area contributed by atoms with E-state index in [1.807, 2.05) is 69.7 Å². The summed E-state index contributed by atoms with van der Waals surface area (Å²) in [6.07, 6.45) is 13.1. The molecule has 16 heteroatoms. The highest BCUT2D eigenvalue weighted by Gasteiger charge is 2.50. The van der Waals surface area contributed by atoms with Crippen molar-refractivity contribution in [3.63, 3.8) is 0 Å². The molecule has 8 nitrogen and oxygen atoms in total. The predicted molar refractivity (Wildman–Crippen MR) is 255 cm³/mol. The van der Waals surface area contributed by atoms with Gasteiger partial charge in [-0.3, -0.25) is 9.80 Å². The molecule has 2 aliphatic carbocycles. The van der Waals surface area contributed by atoms with Gasteiger partial charge in [0.25, 0.3) is 0 Å². The first kappa shape index (κ1) is 46.6. The minimum atomic E-state index is -1.28. The fourth-order valence-corrected chi connectivity index (χ4v) is 12.1. The maximum atomic E-state index is 15.3. The summed E-state index contributed by atoms with van der Waals surface area (Å²) < 4.78 is 107. The van der Waals surface area contributed by atoms with Crippen molar-refractivity contribution in [2.75, 3.05) is 26.3 Å². The van der Waals surface area contributed by atoms with Gasteiger partial charge < -0.3 is 9.47 Å². The van der Waals surface area contributed by atoms with Crippen LogP contribution in [0, 0.1) is 23.3 Å². The second-order valence-corrected chi connectivity index (χ2v) is 21.9. The van der Waals surface area contributed by atoms with Crippen molar-refractivity contribution >= 4 is 53.7 Å². The van der Waals surface area contributed by atoms with Crippen molar-refractivity contribution in [3.05, 3.63) is 127 Å². The zero-order valence-corrected chi connectivity index (χ0v) is 41.2. The van der Waals surface area contributed by atoms with E-state index < -0.39 is 46.7 Å². The number of ether oxygens (including phenoxy) is 2. The molecular weight excluding hydrogens is 1010 g/mol. The van der Waals surface area contributed by atoms with Crippen LogP contribution in [-0.4, -0.2) is 79.1 Å². The molecule has 0 amide bonds. The standard InChI is InChI=1S/2C26H27BrF3N3O/c1-15-10-18-17(5-6-22-19(18)13-33(31-22)23-4-2-3-9-34-23)25(32(15)14-26(30)7-8-26)24-20(28)11-16(27)12-21(24)29;1-15-10-18-17(5-6-22-19(18)13-31-33(22)23-4-2-3-9-34-23)25(32(15)14-26(30)7-8-26)24-20(28)11-16(27)12-21(24)29/h2*5-6,11-13,15,23,25H,2-4,7-10,14H2,1H3/t2*15-,23?,25+/m11/s1. The van der Waals surface area contributed by atoms with Crippen molar-refractivity contribution in [3.8, 4) is 0 Å². The highest BCUT2D eigenvalue weighted by molar-refractivity contribution is 9.10. The first-order chi connectivity index (χ1) is 32.7. The molecule has 6 aromatic rings. The number of rotatable bonds is 8. The average Bonchev–Trinajstić information content (AvgIpc) is 4.09. The van der Waals surface area contributed by atoms with Crippen LogP contribution in [0.15, 0.2) is 69.9 Å². The van der Waals surface area contributed by atoms with Crippen LogP contribution in [0.4, 0.5) is 26.3 Å². The SMILES string of the molecule is C[C@@H]1Cc2c(ccc3c2cnn3C2CCCCO2)[C@@H](c2c(F)cc(Br)cc2F)N1CC1(F)CC1.C[C@@H]1Cc2c(ccc3nn(C4CCCCO4)cc23)[C@@H](c2c(F)cc(Br)cc2F)N1CC1(F)CC1. The van der Waals surface area contributed by atoms with Gasteiger partial charge in [-0.1, -0.05) is 44.0 Å². The molecule has 2 aromatic heterocycles. The molecule has 0 N–H and O–H groups in total. The van der Waals surface area contributed by atoms with E-state index in [0.717, 1.165) is 95.8 Å². The van der Waals surface area contributed by atoms with E-state index >= 15 is 17.6 Å². The Kier molecular flexibility index (Phi) is 12.4. The van der Waals surface area contributed by atoms with Gasteiger partial charge in [-0.05, 0) is 150 Å². The maximum Gasteiger partial charge on any atom is 0.150 e. The van der Waals surface area contributed by atoms with Gasteiger partial charge in [0.2, 0.25) is 0 Å². The molecule has 0 bridgehead atoms. The lowest BCUT2D eigenvalue weighted by Crippen LogP contribution is -2.46. The Morgan fingerprint density at radius 3 is 1.62 bits per heavy atom. The molecule has 68 heavy (non-hydrogen) atoms. The summed E-state index contributed by atoms with van der Waals surface area (Å²) in [7, 11) is 0. The number of alkyl halides is 2. The smallest absolute Gasteiger partial charge is 0.150 e. The maximum absolute atomic E-state index is 15.3. The average molecular weight is 1070 g/mol. The van der Waals surface area contributed by atoms with Gasteiger partial charge >= 0.3 is 0 Å². The Morgan fingerprint density at radius 2 is 1.13 bits per heavy atom. The molecule has 4 aromatic carbocycles. The number of aromatic nitrogens is 4. The van der Waals surface area contributed by atoms with Crippen molar-refractivity contribution in [2.24, 2.45) is 0 Å². The van der Waals surface area contributed by atoms with E-state index in [0.29, 0.717) is 47.5 Å². The summed E-state index contributed by atoms with van der Waals surface area (Å²) in [6.45, 7) is 5.81. The lowest BCUT2D eigenvalue weighted by Gasteiger charge is -2.43. The van der Waals surface area contributed by atoms with Gasteiger partial charge in [-0.2, -0.15) is 10.2 Å². The molecule has 360 valence electrons.